The van der Waals surface area contributed by atoms with Gasteiger partial charge in [-0.25, -0.2) is 19.2 Å². The Morgan fingerprint density at radius 1 is 1.42 bits per heavy atom. The van der Waals surface area contributed by atoms with Crippen molar-refractivity contribution in [3.63, 3.8) is 0 Å². The van der Waals surface area contributed by atoms with E-state index in [1.807, 2.05) is 0 Å². The van der Waals surface area contributed by atoms with Crippen molar-refractivity contribution in [2.75, 3.05) is 6.54 Å². The van der Waals surface area contributed by atoms with Crippen LogP contribution in [0.15, 0.2) is 5.83 Å². The maximum absolute atomic E-state index is 13.7. The van der Waals surface area contributed by atoms with Gasteiger partial charge in [0.15, 0.2) is 5.83 Å². The van der Waals surface area contributed by atoms with Crippen LogP contribution in [0.1, 0.15) is 43.5 Å². The minimum absolute atomic E-state index is 0.183. The Hall–Kier alpha value is -2.51. The Balaban J connectivity index is 2.35. The van der Waals surface area contributed by atoms with Crippen molar-refractivity contribution in [3.8, 4) is 0 Å². The molecule has 8 heteroatoms. The first kappa shape index (κ1) is 17.8. The van der Waals surface area contributed by atoms with Gasteiger partial charge in [-0.1, -0.05) is 0 Å². The summed E-state index contributed by atoms with van der Waals surface area (Å²) >= 11 is 0. The Morgan fingerprint density at radius 2 is 2.08 bits per heavy atom. The number of hydrogen-bond acceptors (Lipinski definition) is 6. The van der Waals surface area contributed by atoms with Gasteiger partial charge < -0.3 is 20.8 Å². The molecule has 2 rings (SSSR count). The van der Waals surface area contributed by atoms with Gasteiger partial charge in [0.2, 0.25) is 0 Å². The lowest BCUT2D eigenvalue weighted by Gasteiger charge is -2.31. The molecule has 0 atom stereocenters. The number of ether oxygens (including phenoxy) is 1. The van der Waals surface area contributed by atoms with E-state index in [1.54, 1.807) is 32.6 Å². The van der Waals surface area contributed by atoms with Gasteiger partial charge in [0.1, 0.15) is 11.4 Å². The summed E-state index contributed by atoms with van der Waals surface area (Å²) in [6.07, 6.45) is 0.575. The van der Waals surface area contributed by atoms with Crippen LogP contribution in [-0.2, 0) is 17.7 Å². The van der Waals surface area contributed by atoms with Gasteiger partial charge in [0.25, 0.3) is 0 Å². The van der Waals surface area contributed by atoms with E-state index in [2.05, 4.69) is 9.97 Å². The molecule has 0 spiro atoms. The smallest absolute Gasteiger partial charge is 0.410 e. The highest BCUT2D eigenvalue weighted by Gasteiger charge is 2.29. The summed E-state index contributed by atoms with van der Waals surface area (Å²) in [6.45, 7) is 7.74. The van der Waals surface area contributed by atoms with Gasteiger partial charge >= 0.3 is 6.09 Å². The number of carbonyl (C=O) groups is 1. The molecule has 7 nitrogen and oxygen atoms in total. The van der Waals surface area contributed by atoms with Crippen molar-refractivity contribution in [1.29, 1.82) is 5.41 Å². The van der Waals surface area contributed by atoms with Crippen molar-refractivity contribution in [2.45, 2.75) is 46.3 Å². The number of amides is 1. The zero-order valence-electron chi connectivity index (χ0n) is 14.3. The molecule has 0 radical (unpaired) electrons. The summed E-state index contributed by atoms with van der Waals surface area (Å²) in [6, 6.07) is 0. The SMILES string of the molecule is Cc1nc2c(c(/C(N)=C(\F)C=N)n1)CCN(C(=O)OC(C)(C)C)C2. The van der Waals surface area contributed by atoms with Crippen molar-refractivity contribution in [1.82, 2.24) is 14.9 Å². The number of aromatic nitrogens is 2. The fourth-order valence-corrected chi connectivity index (χ4v) is 2.45. The Labute approximate surface area is 140 Å². The van der Waals surface area contributed by atoms with Crippen LogP contribution in [0.5, 0.6) is 0 Å². The number of aryl methyl sites for hydroxylation is 1. The summed E-state index contributed by atoms with van der Waals surface area (Å²) in [4.78, 5) is 22.3. The molecule has 0 aromatic carbocycles. The summed E-state index contributed by atoms with van der Waals surface area (Å²) in [5.74, 6) is -0.416. The minimum atomic E-state index is -0.843. The van der Waals surface area contributed by atoms with E-state index < -0.39 is 17.5 Å². The van der Waals surface area contributed by atoms with Gasteiger partial charge in [0.05, 0.1) is 29.8 Å². The first-order valence-electron chi connectivity index (χ1n) is 7.62. The number of nitrogens with two attached hydrogens (primary N) is 1. The number of fused-ring (bicyclic) bond motifs is 1. The Bertz CT molecular complexity index is 709. The summed E-state index contributed by atoms with van der Waals surface area (Å²) in [5.41, 5.74) is 6.63. The molecule has 0 saturated heterocycles. The fourth-order valence-electron chi connectivity index (χ4n) is 2.45. The number of rotatable bonds is 2. The number of nitrogens with one attached hydrogen (secondary N) is 1. The normalized spacial score (nSPS) is 15.5. The van der Waals surface area contributed by atoms with Gasteiger partial charge in [-0.15, -0.1) is 0 Å². The van der Waals surface area contributed by atoms with Crippen molar-refractivity contribution < 1.29 is 13.9 Å². The number of nitrogens with zero attached hydrogens (tertiary/aromatic N) is 3. The molecule has 1 aromatic heterocycles. The van der Waals surface area contributed by atoms with E-state index in [0.717, 1.165) is 0 Å². The predicted octanol–water partition coefficient (Wildman–Crippen LogP) is 2.32. The van der Waals surface area contributed by atoms with Gasteiger partial charge in [-0.3, -0.25) is 0 Å². The highest BCUT2D eigenvalue weighted by Crippen LogP contribution is 2.25. The largest absolute Gasteiger partial charge is 0.444 e. The second-order valence-electron chi connectivity index (χ2n) is 6.60. The molecule has 0 bridgehead atoms. The van der Waals surface area contributed by atoms with Crippen LogP contribution in [0.2, 0.25) is 0 Å². The lowest BCUT2D eigenvalue weighted by Crippen LogP contribution is -2.40. The van der Waals surface area contributed by atoms with Crippen LogP contribution in [-0.4, -0.2) is 39.3 Å². The average molecular weight is 335 g/mol. The van der Waals surface area contributed by atoms with E-state index in [9.17, 15) is 9.18 Å². The van der Waals surface area contributed by atoms with E-state index in [4.69, 9.17) is 15.9 Å². The molecule has 24 heavy (non-hydrogen) atoms. The lowest BCUT2D eigenvalue weighted by molar-refractivity contribution is 0.0220. The minimum Gasteiger partial charge on any atom is -0.444 e. The molecule has 1 aromatic rings. The second-order valence-corrected chi connectivity index (χ2v) is 6.60. The number of allylic oxidation sites excluding steroid dienone is 1. The van der Waals surface area contributed by atoms with E-state index in [1.165, 1.54) is 0 Å². The molecule has 0 saturated carbocycles. The zero-order chi connectivity index (χ0) is 18.1. The number of hydrogen-bond donors (Lipinski definition) is 2. The summed E-state index contributed by atoms with van der Waals surface area (Å²) in [5, 5.41) is 7.00. The summed E-state index contributed by atoms with van der Waals surface area (Å²) in [7, 11) is 0. The third-order valence-electron chi connectivity index (χ3n) is 3.47. The molecular weight excluding hydrogens is 313 g/mol. The molecule has 130 valence electrons. The van der Waals surface area contributed by atoms with Gasteiger partial charge in [-0.2, -0.15) is 0 Å². The van der Waals surface area contributed by atoms with Crippen LogP contribution in [0.3, 0.4) is 0 Å². The maximum atomic E-state index is 13.7. The van der Waals surface area contributed by atoms with Crippen LogP contribution in [0.25, 0.3) is 5.70 Å². The third kappa shape index (κ3) is 3.87. The Morgan fingerprint density at radius 3 is 2.67 bits per heavy atom. The quantitative estimate of drug-likeness (QED) is 0.807. The zero-order valence-corrected chi connectivity index (χ0v) is 14.3. The molecule has 0 fully saturated rings. The maximum Gasteiger partial charge on any atom is 0.410 e. The molecule has 0 unspecified atom stereocenters. The summed E-state index contributed by atoms with van der Waals surface area (Å²) < 4.78 is 19.0. The van der Waals surface area contributed by atoms with E-state index >= 15 is 0 Å². The van der Waals surface area contributed by atoms with Crippen LogP contribution in [0.4, 0.5) is 9.18 Å². The monoisotopic (exact) mass is 335 g/mol. The molecule has 1 amide bonds. The fraction of sp³-hybridized carbons (Fsp3) is 0.500. The number of halogens is 1. The van der Waals surface area contributed by atoms with Crippen molar-refractivity contribution in [3.05, 3.63) is 28.6 Å². The van der Waals surface area contributed by atoms with Crippen LogP contribution < -0.4 is 5.73 Å². The molecular formula is C16H22FN5O2. The average Bonchev–Trinajstić information content (AvgIpc) is 2.50. The third-order valence-corrected chi connectivity index (χ3v) is 3.47. The molecule has 1 aliphatic heterocycles. The van der Waals surface area contributed by atoms with E-state index in [-0.39, 0.29) is 12.2 Å². The standard InChI is InChI=1S/C16H22FN5O2/c1-9-20-12-8-22(15(23)24-16(2,3)4)6-5-10(12)14(21-9)13(19)11(17)7-18/h7,18H,5-6,8,19H2,1-4H3/b13-11+,18-7?. The predicted molar refractivity (Wildman–Crippen MR) is 88.1 cm³/mol. The molecule has 2 heterocycles. The van der Waals surface area contributed by atoms with E-state index in [0.29, 0.717) is 42.0 Å². The highest BCUT2D eigenvalue weighted by atomic mass is 19.1. The van der Waals surface area contributed by atoms with Crippen molar-refractivity contribution in [2.24, 2.45) is 5.73 Å². The highest BCUT2D eigenvalue weighted by molar-refractivity contribution is 5.85. The molecule has 3 N–H and O–H groups in total. The number of carbonyl (C=O) groups excluding carboxylic acids is 1. The van der Waals surface area contributed by atoms with Gasteiger partial charge in [0, 0.05) is 12.1 Å². The molecule has 1 aliphatic rings. The molecule has 0 aliphatic carbocycles. The van der Waals surface area contributed by atoms with Crippen LogP contribution in [0, 0.1) is 12.3 Å². The first-order valence-corrected chi connectivity index (χ1v) is 7.62. The lowest BCUT2D eigenvalue weighted by atomic mass is 10.0. The Kier molecular flexibility index (Phi) is 4.86. The second kappa shape index (κ2) is 6.54. The van der Waals surface area contributed by atoms with Crippen LogP contribution >= 0.6 is 0 Å². The first-order chi connectivity index (χ1) is 11.1. The van der Waals surface area contributed by atoms with Gasteiger partial charge in [-0.05, 0) is 34.1 Å². The van der Waals surface area contributed by atoms with Crippen molar-refractivity contribution >= 4 is 18.0 Å². The topological polar surface area (TPSA) is 105 Å².